The average molecular weight is 254 g/mol. The first-order valence-corrected chi connectivity index (χ1v) is 4.72. The molecular formula is C10H10N2O6. The fraction of sp³-hybridized carbons (Fsp3) is 0.200. The second-order valence-electron chi connectivity index (χ2n) is 3.10. The summed E-state index contributed by atoms with van der Waals surface area (Å²) < 4.78 is 9.83. The van der Waals surface area contributed by atoms with Gasteiger partial charge in [-0.05, 0) is 12.1 Å². The fourth-order valence-corrected chi connectivity index (χ4v) is 1.39. The van der Waals surface area contributed by atoms with Crippen LogP contribution in [0.3, 0.4) is 0 Å². The molecular weight excluding hydrogens is 244 g/mol. The highest BCUT2D eigenvalue weighted by atomic mass is 16.6. The van der Waals surface area contributed by atoms with E-state index in [1.165, 1.54) is 26.4 Å². The molecule has 0 amide bonds. The first-order chi connectivity index (χ1) is 8.51. The number of nitro groups is 2. The molecule has 0 radical (unpaired) electrons. The van der Waals surface area contributed by atoms with Crippen LogP contribution in [0.25, 0.3) is 6.08 Å². The van der Waals surface area contributed by atoms with E-state index in [4.69, 9.17) is 9.47 Å². The summed E-state index contributed by atoms with van der Waals surface area (Å²) in [5.74, 6) is 0.107. The lowest BCUT2D eigenvalue weighted by Crippen LogP contribution is -1.99. The molecule has 0 atom stereocenters. The van der Waals surface area contributed by atoms with Gasteiger partial charge in [0.2, 0.25) is 11.9 Å². The van der Waals surface area contributed by atoms with Crippen LogP contribution < -0.4 is 9.47 Å². The van der Waals surface area contributed by atoms with Crippen LogP contribution in [0.1, 0.15) is 5.56 Å². The van der Waals surface area contributed by atoms with Gasteiger partial charge in [-0.15, -0.1) is 0 Å². The Balaban J connectivity index is 3.44. The number of hydrogen-bond acceptors (Lipinski definition) is 6. The molecule has 0 fully saturated rings. The van der Waals surface area contributed by atoms with E-state index in [1.807, 2.05) is 0 Å². The van der Waals surface area contributed by atoms with E-state index < -0.39 is 9.85 Å². The highest BCUT2D eigenvalue weighted by molar-refractivity contribution is 5.70. The lowest BCUT2D eigenvalue weighted by atomic mass is 10.1. The number of nitrogens with zero attached hydrogens (tertiary/aromatic N) is 2. The molecule has 0 spiro atoms. The Labute approximate surface area is 102 Å². The van der Waals surface area contributed by atoms with Crippen molar-refractivity contribution in [2.24, 2.45) is 0 Å². The molecule has 96 valence electrons. The fourth-order valence-electron chi connectivity index (χ4n) is 1.39. The van der Waals surface area contributed by atoms with Gasteiger partial charge in [-0.1, -0.05) is 0 Å². The van der Waals surface area contributed by atoms with E-state index in [0.29, 0.717) is 6.20 Å². The smallest absolute Gasteiger partial charge is 0.322 e. The Morgan fingerprint density at radius 3 is 2.28 bits per heavy atom. The molecule has 0 saturated carbocycles. The number of ether oxygens (including phenoxy) is 2. The molecule has 8 heteroatoms. The molecule has 18 heavy (non-hydrogen) atoms. The lowest BCUT2D eigenvalue weighted by molar-refractivity contribution is -0.401. The van der Waals surface area contributed by atoms with E-state index >= 15 is 0 Å². The van der Waals surface area contributed by atoms with Crippen LogP contribution in [0.4, 0.5) is 5.69 Å². The molecule has 1 aromatic carbocycles. The highest BCUT2D eigenvalue weighted by Gasteiger charge is 2.24. The Kier molecular flexibility index (Phi) is 4.19. The van der Waals surface area contributed by atoms with Crippen molar-refractivity contribution in [1.82, 2.24) is 0 Å². The maximum Gasteiger partial charge on any atom is 0.322 e. The minimum Gasteiger partial charge on any atom is -0.493 e. The van der Waals surface area contributed by atoms with Gasteiger partial charge in [0.25, 0.3) is 0 Å². The molecule has 0 N–H and O–H groups in total. The zero-order chi connectivity index (χ0) is 13.7. The Bertz CT molecular complexity index is 511. The molecule has 0 heterocycles. The quantitative estimate of drug-likeness (QED) is 0.586. The van der Waals surface area contributed by atoms with Crippen molar-refractivity contribution in [2.45, 2.75) is 0 Å². The van der Waals surface area contributed by atoms with Gasteiger partial charge < -0.3 is 9.47 Å². The monoisotopic (exact) mass is 254 g/mol. The Morgan fingerprint density at radius 1 is 1.17 bits per heavy atom. The van der Waals surface area contributed by atoms with Crippen LogP contribution >= 0.6 is 0 Å². The third kappa shape index (κ3) is 2.73. The van der Waals surface area contributed by atoms with Gasteiger partial charge in [-0.25, -0.2) is 0 Å². The third-order valence-electron chi connectivity index (χ3n) is 2.11. The second kappa shape index (κ2) is 5.62. The average Bonchev–Trinajstić information content (AvgIpc) is 2.34. The van der Waals surface area contributed by atoms with Crippen molar-refractivity contribution in [2.75, 3.05) is 14.2 Å². The summed E-state index contributed by atoms with van der Waals surface area (Å²) in [6, 6.07) is 2.78. The van der Waals surface area contributed by atoms with Crippen LogP contribution in [0.2, 0.25) is 0 Å². The molecule has 0 bridgehead atoms. The number of methoxy groups -OCH3 is 2. The molecule has 0 aliphatic carbocycles. The van der Waals surface area contributed by atoms with Crippen molar-refractivity contribution in [3.63, 3.8) is 0 Å². The largest absolute Gasteiger partial charge is 0.493 e. The Hall–Kier alpha value is -2.64. The van der Waals surface area contributed by atoms with Crippen molar-refractivity contribution >= 4 is 11.8 Å². The molecule has 1 aromatic rings. The normalized spacial score (nSPS) is 10.3. The lowest BCUT2D eigenvalue weighted by Gasteiger charge is -2.08. The molecule has 1 rings (SSSR count). The van der Waals surface area contributed by atoms with Gasteiger partial charge in [0.1, 0.15) is 0 Å². The minimum atomic E-state index is -0.708. The SMILES string of the molecule is COc1ccc(C=C[N+](=O)[O-])c([N+](=O)[O-])c1OC. The summed E-state index contributed by atoms with van der Waals surface area (Å²) >= 11 is 0. The van der Waals surface area contributed by atoms with Crippen LogP contribution in [0.5, 0.6) is 11.5 Å². The predicted molar refractivity (Wildman–Crippen MR) is 62.2 cm³/mol. The first kappa shape index (κ1) is 13.4. The van der Waals surface area contributed by atoms with Gasteiger partial charge in [-0.3, -0.25) is 20.2 Å². The van der Waals surface area contributed by atoms with E-state index in [1.54, 1.807) is 0 Å². The second-order valence-corrected chi connectivity index (χ2v) is 3.10. The van der Waals surface area contributed by atoms with Crippen LogP contribution in [0, 0.1) is 20.2 Å². The molecule has 0 aromatic heterocycles. The first-order valence-electron chi connectivity index (χ1n) is 4.72. The van der Waals surface area contributed by atoms with Gasteiger partial charge >= 0.3 is 5.69 Å². The van der Waals surface area contributed by atoms with Crippen molar-refractivity contribution in [1.29, 1.82) is 0 Å². The number of nitro benzene ring substituents is 1. The maximum atomic E-state index is 11.0. The van der Waals surface area contributed by atoms with E-state index in [9.17, 15) is 20.2 Å². The van der Waals surface area contributed by atoms with Crippen LogP contribution in [0.15, 0.2) is 18.3 Å². The standard InChI is InChI=1S/C10H10N2O6/c1-17-8-4-3-7(5-6-11(13)14)9(12(15)16)10(8)18-2/h3-6H,1-2H3. The summed E-state index contributed by atoms with van der Waals surface area (Å²) in [6.07, 6.45) is 1.65. The van der Waals surface area contributed by atoms with Gasteiger partial charge in [0.05, 0.1) is 29.6 Å². The van der Waals surface area contributed by atoms with Gasteiger partial charge in [0.15, 0.2) is 5.75 Å². The minimum absolute atomic E-state index is 0.0642. The van der Waals surface area contributed by atoms with Crippen LogP contribution in [-0.4, -0.2) is 24.1 Å². The molecule has 8 nitrogen and oxygen atoms in total. The van der Waals surface area contributed by atoms with Crippen molar-refractivity contribution < 1.29 is 19.3 Å². The number of hydrogen-bond donors (Lipinski definition) is 0. The summed E-state index contributed by atoms with van der Waals surface area (Å²) in [5, 5.41) is 21.2. The highest BCUT2D eigenvalue weighted by Crippen LogP contribution is 2.39. The van der Waals surface area contributed by atoms with Gasteiger partial charge in [0, 0.05) is 6.08 Å². The van der Waals surface area contributed by atoms with E-state index in [0.717, 1.165) is 6.08 Å². The van der Waals surface area contributed by atoms with E-state index in [-0.39, 0.29) is 22.7 Å². The molecule has 0 aliphatic heterocycles. The zero-order valence-electron chi connectivity index (χ0n) is 9.65. The summed E-state index contributed by atoms with van der Waals surface area (Å²) in [4.78, 5) is 19.8. The predicted octanol–water partition coefficient (Wildman–Crippen LogP) is 1.86. The Morgan fingerprint density at radius 2 is 1.83 bits per heavy atom. The molecule has 0 saturated heterocycles. The van der Waals surface area contributed by atoms with Crippen molar-refractivity contribution in [3.8, 4) is 11.5 Å². The van der Waals surface area contributed by atoms with Crippen molar-refractivity contribution in [3.05, 3.63) is 44.1 Å². The number of benzene rings is 1. The van der Waals surface area contributed by atoms with Gasteiger partial charge in [-0.2, -0.15) is 0 Å². The summed E-state index contributed by atoms with van der Waals surface area (Å²) in [7, 11) is 2.60. The third-order valence-corrected chi connectivity index (χ3v) is 2.11. The molecule has 0 unspecified atom stereocenters. The molecule has 0 aliphatic rings. The topological polar surface area (TPSA) is 105 Å². The van der Waals surface area contributed by atoms with E-state index in [2.05, 4.69) is 0 Å². The zero-order valence-corrected chi connectivity index (χ0v) is 9.65. The number of rotatable bonds is 5. The summed E-state index contributed by atoms with van der Waals surface area (Å²) in [5.41, 5.74) is -0.315. The maximum absolute atomic E-state index is 11.0. The summed E-state index contributed by atoms with van der Waals surface area (Å²) in [6.45, 7) is 0. The van der Waals surface area contributed by atoms with Crippen LogP contribution in [-0.2, 0) is 0 Å².